The van der Waals surface area contributed by atoms with Crippen molar-refractivity contribution in [2.24, 2.45) is 0 Å². The summed E-state index contributed by atoms with van der Waals surface area (Å²) in [5.41, 5.74) is 3.86. The molecule has 0 aliphatic heterocycles. The van der Waals surface area contributed by atoms with E-state index < -0.39 is 0 Å². The van der Waals surface area contributed by atoms with Crippen LogP contribution in [0.4, 0.5) is 0 Å². The van der Waals surface area contributed by atoms with Gasteiger partial charge >= 0.3 is 0 Å². The summed E-state index contributed by atoms with van der Waals surface area (Å²) in [5, 5.41) is 2.56. The second-order valence-electron chi connectivity index (χ2n) is 4.63. The van der Waals surface area contributed by atoms with E-state index in [1.54, 1.807) is 0 Å². The van der Waals surface area contributed by atoms with Crippen molar-refractivity contribution in [2.45, 2.75) is 20.8 Å². The van der Waals surface area contributed by atoms with Crippen LogP contribution in [0.5, 0.6) is 0 Å². The predicted octanol–water partition coefficient (Wildman–Crippen LogP) is 4.89. The van der Waals surface area contributed by atoms with Crippen LogP contribution < -0.4 is 0 Å². The Bertz CT molecular complexity index is 593. The van der Waals surface area contributed by atoms with Crippen LogP contribution in [0.2, 0.25) is 0 Å². The third kappa shape index (κ3) is 3.07. The number of hydrogen-bond acceptors (Lipinski definition) is 0. The molecule has 0 atom stereocenters. The molecule has 0 aliphatic carbocycles. The van der Waals surface area contributed by atoms with E-state index in [1.807, 2.05) is 0 Å². The van der Waals surface area contributed by atoms with Gasteiger partial charge in [-0.2, -0.15) is 0 Å². The number of hydrogen-bond donors (Lipinski definition) is 0. The van der Waals surface area contributed by atoms with Gasteiger partial charge in [0.15, 0.2) is 0 Å². The molecule has 2 aromatic rings. The second kappa shape index (κ2) is 5.01. The fourth-order valence-electron chi connectivity index (χ4n) is 2.03. The Labute approximate surface area is 103 Å². The summed E-state index contributed by atoms with van der Waals surface area (Å²) in [5.74, 6) is 0. The van der Waals surface area contributed by atoms with Gasteiger partial charge < -0.3 is 0 Å². The molecule has 86 valence electrons. The van der Waals surface area contributed by atoms with Crippen molar-refractivity contribution >= 4 is 10.8 Å². The first-order valence-electron chi connectivity index (χ1n) is 5.97. The smallest absolute Gasteiger partial charge is 0.0179 e. The summed E-state index contributed by atoms with van der Waals surface area (Å²) >= 11 is 0. The summed E-state index contributed by atoms with van der Waals surface area (Å²) in [6, 6.07) is 19.5. The van der Waals surface area contributed by atoms with Crippen LogP contribution in [0.1, 0.15) is 16.7 Å². The van der Waals surface area contributed by atoms with Gasteiger partial charge in [0.05, 0.1) is 0 Å². The molecule has 0 N–H and O–H groups in total. The van der Waals surface area contributed by atoms with E-state index in [-0.39, 0.29) is 0 Å². The van der Waals surface area contributed by atoms with Gasteiger partial charge in [0.1, 0.15) is 0 Å². The molecule has 0 nitrogen and oxygen atoms in total. The molecule has 0 heterocycles. The maximum absolute atomic E-state index is 2.25. The summed E-state index contributed by atoms with van der Waals surface area (Å²) in [6.45, 7) is 6.40. The highest BCUT2D eigenvalue weighted by Gasteiger charge is 1.90. The zero-order chi connectivity index (χ0) is 12.3. The third-order valence-corrected chi connectivity index (χ3v) is 2.83. The molecular weight excluding hydrogens is 204 g/mol. The van der Waals surface area contributed by atoms with Gasteiger partial charge in [0.25, 0.3) is 0 Å². The highest BCUT2D eigenvalue weighted by atomic mass is 14.0. The van der Waals surface area contributed by atoms with Crippen LogP contribution in [0.25, 0.3) is 10.8 Å². The van der Waals surface area contributed by atoms with Crippen LogP contribution in [-0.4, -0.2) is 0 Å². The van der Waals surface area contributed by atoms with E-state index in [4.69, 9.17) is 0 Å². The zero-order valence-corrected chi connectivity index (χ0v) is 10.7. The zero-order valence-electron chi connectivity index (χ0n) is 10.7. The molecule has 0 spiro atoms. The first kappa shape index (κ1) is 11.7. The van der Waals surface area contributed by atoms with Crippen LogP contribution in [0, 0.1) is 20.8 Å². The topological polar surface area (TPSA) is 0 Å². The van der Waals surface area contributed by atoms with Gasteiger partial charge in [-0.3, -0.25) is 0 Å². The van der Waals surface area contributed by atoms with Crippen molar-refractivity contribution in [3.05, 3.63) is 71.3 Å². The number of fused-ring (bicyclic) bond motifs is 1. The molecule has 0 fully saturated rings. The number of benzene rings is 1. The van der Waals surface area contributed by atoms with E-state index in [0.717, 1.165) is 0 Å². The molecule has 0 saturated heterocycles. The summed E-state index contributed by atoms with van der Waals surface area (Å²) < 4.78 is 0. The molecule has 0 radical (unpaired) electrons. The third-order valence-electron chi connectivity index (χ3n) is 2.83. The van der Waals surface area contributed by atoms with Gasteiger partial charge in [0.2, 0.25) is 0 Å². The summed E-state index contributed by atoms with van der Waals surface area (Å²) in [6.07, 6.45) is 0. The molecule has 0 heteroatoms. The minimum atomic E-state index is 1.27. The lowest BCUT2D eigenvalue weighted by Crippen LogP contribution is -1.75. The SMILES string of the molecule is Cc1ccccc2ccc(C)cc2cc(C)c1. The van der Waals surface area contributed by atoms with Crippen molar-refractivity contribution in [3.63, 3.8) is 0 Å². The van der Waals surface area contributed by atoms with E-state index in [0.29, 0.717) is 0 Å². The molecule has 2 aromatic carbocycles. The van der Waals surface area contributed by atoms with Crippen molar-refractivity contribution in [2.75, 3.05) is 0 Å². The standard InChI is InChI=1S/C17H18/c1-13-6-4-5-7-16-9-8-14(2)11-17(16)12-15(3)10-13/h4-12H,1-3H3. The van der Waals surface area contributed by atoms with Crippen molar-refractivity contribution < 1.29 is 0 Å². The van der Waals surface area contributed by atoms with Gasteiger partial charge in [-0.25, -0.2) is 0 Å². The summed E-state index contributed by atoms with van der Waals surface area (Å²) in [4.78, 5) is 0. The Morgan fingerprint density at radius 2 is 1.18 bits per heavy atom. The lowest BCUT2D eigenvalue weighted by molar-refractivity contribution is 1.42. The average Bonchev–Trinajstić information content (AvgIpc) is 2.26. The molecular formula is C17H18. The Kier molecular flexibility index (Phi) is 3.43. The molecule has 0 aromatic heterocycles. The lowest BCUT2D eigenvalue weighted by atomic mass is 10.1. The predicted molar refractivity (Wildman–Crippen MR) is 75.8 cm³/mol. The van der Waals surface area contributed by atoms with Crippen molar-refractivity contribution in [1.82, 2.24) is 0 Å². The van der Waals surface area contributed by atoms with Crippen molar-refractivity contribution in [3.8, 4) is 0 Å². The molecule has 2 rings (SSSR count). The maximum atomic E-state index is 2.25. The molecule has 17 heavy (non-hydrogen) atoms. The minimum Gasteiger partial charge on any atom is -0.0620 e. The van der Waals surface area contributed by atoms with E-state index in [1.165, 1.54) is 27.5 Å². The Balaban J connectivity index is 2.84. The largest absolute Gasteiger partial charge is 0.0620 e. The first-order valence-corrected chi connectivity index (χ1v) is 5.97. The molecule has 0 unspecified atom stereocenters. The molecule has 0 aliphatic rings. The number of aryl methyl sites for hydroxylation is 3. The highest BCUT2D eigenvalue weighted by molar-refractivity contribution is 5.82. The first-order chi connectivity index (χ1) is 8.15. The summed E-state index contributed by atoms with van der Waals surface area (Å²) in [7, 11) is 0. The van der Waals surface area contributed by atoms with Crippen LogP contribution in [0.3, 0.4) is 0 Å². The Morgan fingerprint density at radius 1 is 0.529 bits per heavy atom. The lowest BCUT2D eigenvalue weighted by Gasteiger charge is -1.98. The van der Waals surface area contributed by atoms with Gasteiger partial charge in [-0.1, -0.05) is 71.3 Å². The van der Waals surface area contributed by atoms with E-state index >= 15 is 0 Å². The average molecular weight is 222 g/mol. The normalized spacial score (nSPS) is 10.1. The molecule has 0 saturated carbocycles. The number of rotatable bonds is 0. The minimum absolute atomic E-state index is 1.27. The van der Waals surface area contributed by atoms with Crippen LogP contribution in [0.15, 0.2) is 54.6 Å². The molecule has 0 amide bonds. The van der Waals surface area contributed by atoms with E-state index in [2.05, 4.69) is 75.4 Å². The Hall–Kier alpha value is -1.82. The highest BCUT2D eigenvalue weighted by Crippen LogP contribution is 2.14. The van der Waals surface area contributed by atoms with Gasteiger partial charge in [-0.05, 0) is 31.5 Å². The van der Waals surface area contributed by atoms with Crippen molar-refractivity contribution in [1.29, 1.82) is 0 Å². The van der Waals surface area contributed by atoms with Gasteiger partial charge in [-0.15, -0.1) is 0 Å². The Morgan fingerprint density at radius 3 is 2.00 bits per heavy atom. The maximum Gasteiger partial charge on any atom is -0.0179 e. The fraction of sp³-hybridized carbons (Fsp3) is 0.176. The van der Waals surface area contributed by atoms with E-state index in [9.17, 15) is 0 Å². The van der Waals surface area contributed by atoms with Crippen LogP contribution >= 0.6 is 0 Å². The second-order valence-corrected chi connectivity index (χ2v) is 4.63. The molecule has 0 bridgehead atoms. The quantitative estimate of drug-likeness (QED) is 0.595. The monoisotopic (exact) mass is 222 g/mol. The van der Waals surface area contributed by atoms with Gasteiger partial charge in [0, 0.05) is 0 Å². The van der Waals surface area contributed by atoms with Crippen LogP contribution in [-0.2, 0) is 0 Å². The fourth-order valence-corrected chi connectivity index (χ4v) is 2.03.